The van der Waals surface area contributed by atoms with Crippen LogP contribution in [0, 0.1) is 11.7 Å². The van der Waals surface area contributed by atoms with Crippen molar-refractivity contribution in [2.45, 2.75) is 37.0 Å². The van der Waals surface area contributed by atoms with Crippen LogP contribution in [-0.4, -0.2) is 47.2 Å². The number of pyridine rings is 2. The number of aromatic nitrogens is 2. The van der Waals surface area contributed by atoms with E-state index in [1.807, 2.05) is 0 Å². The molecular weight excluding hydrogens is 596 g/mol. The first-order valence-electron chi connectivity index (χ1n) is 14.0. The number of aliphatic hydroxyl groups is 1. The van der Waals surface area contributed by atoms with Gasteiger partial charge in [-0.05, 0) is 74.2 Å². The van der Waals surface area contributed by atoms with Gasteiger partial charge >= 0.3 is 6.18 Å². The standard InChI is InChI=1S/C32H28F4N4O5/c1-30(29(37)42)15-45-27-22(30)12-24(40-26(27)16-3-7-21(33)8-4-16)31(43,19-5-6-19)14-39-28(41)18-9-17-10-20(32(34,35)36)13-38-25(17)23(11-18)44-2/h3-4,7-13,19,43H,5-6,14-15H2,1-2H3,(H2,37,42)(H,39,41)/t30-,31+/m0/s1. The van der Waals surface area contributed by atoms with Crippen LogP contribution in [0.4, 0.5) is 17.6 Å². The Kier molecular flexibility index (Phi) is 7.18. The molecule has 2 aromatic heterocycles. The number of carbonyl (C=O) groups is 2. The number of carbonyl (C=O) groups excluding carboxylic acids is 2. The number of hydrogen-bond donors (Lipinski definition) is 3. The van der Waals surface area contributed by atoms with Gasteiger partial charge in [-0.15, -0.1) is 0 Å². The van der Waals surface area contributed by atoms with Gasteiger partial charge in [0.2, 0.25) is 5.91 Å². The number of ether oxygens (including phenoxy) is 2. The van der Waals surface area contributed by atoms with Gasteiger partial charge in [-0.2, -0.15) is 13.2 Å². The van der Waals surface area contributed by atoms with E-state index in [1.54, 1.807) is 13.0 Å². The molecule has 1 fully saturated rings. The van der Waals surface area contributed by atoms with E-state index in [2.05, 4.69) is 10.3 Å². The largest absolute Gasteiger partial charge is 0.494 e. The second kappa shape index (κ2) is 10.7. The van der Waals surface area contributed by atoms with Crippen LogP contribution in [0.5, 0.6) is 11.5 Å². The summed E-state index contributed by atoms with van der Waals surface area (Å²) >= 11 is 0. The molecule has 0 saturated heterocycles. The van der Waals surface area contributed by atoms with Gasteiger partial charge in [-0.1, -0.05) is 0 Å². The number of nitrogens with one attached hydrogen (secondary N) is 1. The third-order valence-electron chi connectivity index (χ3n) is 8.51. The molecule has 2 aromatic carbocycles. The lowest BCUT2D eigenvalue weighted by atomic mass is 9.81. The first-order chi connectivity index (χ1) is 21.2. The van der Waals surface area contributed by atoms with Gasteiger partial charge in [0, 0.05) is 28.3 Å². The molecule has 0 radical (unpaired) electrons. The molecule has 13 heteroatoms. The van der Waals surface area contributed by atoms with Crippen LogP contribution in [0.2, 0.25) is 0 Å². The summed E-state index contributed by atoms with van der Waals surface area (Å²) in [6.45, 7) is 1.23. The number of amides is 2. The molecule has 1 aliphatic carbocycles. The van der Waals surface area contributed by atoms with E-state index < -0.39 is 40.4 Å². The molecule has 9 nitrogen and oxygen atoms in total. The molecule has 2 atom stereocenters. The first kappa shape index (κ1) is 30.3. The minimum atomic E-state index is -4.64. The molecule has 1 aliphatic heterocycles. The fourth-order valence-electron chi connectivity index (χ4n) is 5.59. The van der Waals surface area contributed by atoms with Gasteiger partial charge < -0.3 is 25.6 Å². The predicted octanol–water partition coefficient (Wildman–Crippen LogP) is 4.63. The van der Waals surface area contributed by atoms with Gasteiger partial charge in [-0.25, -0.2) is 9.37 Å². The highest BCUT2D eigenvalue weighted by molar-refractivity contribution is 6.00. The summed E-state index contributed by atoms with van der Waals surface area (Å²) in [4.78, 5) is 34.6. The number of alkyl halides is 3. The molecule has 6 rings (SSSR count). The Labute approximate surface area is 254 Å². The smallest absolute Gasteiger partial charge is 0.417 e. The summed E-state index contributed by atoms with van der Waals surface area (Å²) in [5.41, 5.74) is 3.24. The normalized spacial score (nSPS) is 19.0. The Balaban J connectivity index is 1.38. The zero-order valence-electron chi connectivity index (χ0n) is 24.2. The lowest BCUT2D eigenvalue weighted by Crippen LogP contribution is -2.44. The quantitative estimate of drug-likeness (QED) is 0.243. The fraction of sp³-hybridized carbons (Fsp3) is 0.312. The maximum atomic E-state index is 13.8. The van der Waals surface area contributed by atoms with Crippen molar-refractivity contribution in [1.29, 1.82) is 0 Å². The first-order valence-corrected chi connectivity index (χ1v) is 14.0. The number of primary amides is 1. The van der Waals surface area contributed by atoms with E-state index in [4.69, 9.17) is 20.2 Å². The summed E-state index contributed by atoms with van der Waals surface area (Å²) < 4.78 is 65.0. The summed E-state index contributed by atoms with van der Waals surface area (Å²) in [5, 5.41) is 14.9. The summed E-state index contributed by atoms with van der Waals surface area (Å²) in [6.07, 6.45) is -2.70. The van der Waals surface area contributed by atoms with Crippen LogP contribution in [0.1, 0.15) is 46.9 Å². The predicted molar refractivity (Wildman–Crippen MR) is 154 cm³/mol. The van der Waals surface area contributed by atoms with Crippen molar-refractivity contribution in [3.8, 4) is 22.8 Å². The molecule has 0 spiro atoms. The lowest BCUT2D eigenvalue weighted by Gasteiger charge is -2.30. The van der Waals surface area contributed by atoms with E-state index >= 15 is 0 Å². The summed E-state index contributed by atoms with van der Waals surface area (Å²) in [6, 6.07) is 10.5. The van der Waals surface area contributed by atoms with Crippen molar-refractivity contribution in [2.75, 3.05) is 20.3 Å². The molecule has 0 unspecified atom stereocenters. The van der Waals surface area contributed by atoms with Crippen molar-refractivity contribution in [1.82, 2.24) is 15.3 Å². The van der Waals surface area contributed by atoms with Crippen molar-refractivity contribution in [2.24, 2.45) is 11.7 Å². The van der Waals surface area contributed by atoms with Crippen LogP contribution in [0.15, 0.2) is 54.7 Å². The van der Waals surface area contributed by atoms with E-state index in [9.17, 15) is 32.3 Å². The molecule has 2 aliphatic rings. The Morgan fingerprint density at radius 2 is 1.87 bits per heavy atom. The van der Waals surface area contributed by atoms with Crippen LogP contribution in [0.25, 0.3) is 22.2 Å². The van der Waals surface area contributed by atoms with E-state index in [0.717, 1.165) is 6.07 Å². The molecule has 234 valence electrons. The summed E-state index contributed by atoms with van der Waals surface area (Å²) in [7, 11) is 1.31. The van der Waals surface area contributed by atoms with Crippen molar-refractivity contribution in [3.05, 3.63) is 82.9 Å². The highest BCUT2D eigenvalue weighted by Crippen LogP contribution is 2.50. The van der Waals surface area contributed by atoms with Gasteiger partial charge in [0.05, 0.1) is 24.9 Å². The minimum absolute atomic E-state index is 0.0118. The number of halogens is 4. The number of rotatable bonds is 8. The molecule has 4 N–H and O–H groups in total. The Morgan fingerprint density at radius 1 is 1.16 bits per heavy atom. The number of benzene rings is 2. The van der Waals surface area contributed by atoms with Crippen molar-refractivity contribution < 1.29 is 41.7 Å². The maximum Gasteiger partial charge on any atom is 0.417 e. The molecule has 2 amide bonds. The second-order valence-electron chi connectivity index (χ2n) is 11.6. The third-order valence-corrected chi connectivity index (χ3v) is 8.51. The topological polar surface area (TPSA) is 137 Å². The van der Waals surface area contributed by atoms with Crippen LogP contribution >= 0.6 is 0 Å². The molecule has 4 aromatic rings. The molecule has 1 saturated carbocycles. The van der Waals surface area contributed by atoms with E-state index in [-0.39, 0.29) is 58.4 Å². The van der Waals surface area contributed by atoms with E-state index in [0.29, 0.717) is 30.2 Å². The number of nitrogens with two attached hydrogens (primary N) is 1. The zero-order chi connectivity index (χ0) is 32.3. The third kappa shape index (κ3) is 5.30. The number of fused-ring (bicyclic) bond motifs is 2. The monoisotopic (exact) mass is 624 g/mol. The number of methoxy groups -OCH3 is 1. The van der Waals surface area contributed by atoms with Gasteiger partial charge in [0.15, 0.2) is 0 Å². The van der Waals surface area contributed by atoms with E-state index in [1.165, 1.54) is 43.5 Å². The average molecular weight is 625 g/mol. The summed E-state index contributed by atoms with van der Waals surface area (Å²) in [5.74, 6) is -1.74. The minimum Gasteiger partial charge on any atom is -0.494 e. The zero-order valence-corrected chi connectivity index (χ0v) is 24.2. The molecular formula is C32H28F4N4O5. The van der Waals surface area contributed by atoms with Gasteiger partial charge in [0.1, 0.15) is 46.1 Å². The van der Waals surface area contributed by atoms with Crippen molar-refractivity contribution >= 4 is 22.7 Å². The molecule has 0 bridgehead atoms. The Bertz CT molecular complexity index is 1840. The Hall–Kier alpha value is -4.78. The SMILES string of the molecule is COc1cc(C(=O)NC[C@](O)(c2cc3c(c(-c4ccc(F)cc4)n2)OC[C@]3(C)C(N)=O)C2CC2)cc2cc(C(F)(F)F)cnc12. The highest BCUT2D eigenvalue weighted by atomic mass is 19.4. The average Bonchev–Trinajstić information content (AvgIpc) is 3.82. The van der Waals surface area contributed by atoms with Crippen LogP contribution < -0.4 is 20.5 Å². The van der Waals surface area contributed by atoms with Crippen LogP contribution in [-0.2, 0) is 22.0 Å². The second-order valence-corrected chi connectivity index (χ2v) is 11.6. The highest BCUT2D eigenvalue weighted by Gasteiger charge is 2.50. The van der Waals surface area contributed by atoms with Gasteiger partial charge in [-0.3, -0.25) is 14.6 Å². The number of hydrogen-bond acceptors (Lipinski definition) is 7. The van der Waals surface area contributed by atoms with Crippen LogP contribution in [0.3, 0.4) is 0 Å². The number of nitrogens with zero attached hydrogens (tertiary/aromatic N) is 2. The van der Waals surface area contributed by atoms with Gasteiger partial charge in [0.25, 0.3) is 5.91 Å². The molecule has 3 heterocycles. The fourth-order valence-corrected chi connectivity index (χ4v) is 5.59. The molecule has 45 heavy (non-hydrogen) atoms. The maximum absolute atomic E-state index is 13.8. The van der Waals surface area contributed by atoms with Crippen molar-refractivity contribution in [3.63, 3.8) is 0 Å². The lowest BCUT2D eigenvalue weighted by molar-refractivity contribution is -0.137. The Morgan fingerprint density at radius 3 is 2.49 bits per heavy atom.